The second kappa shape index (κ2) is 5.30. The summed E-state index contributed by atoms with van der Waals surface area (Å²) in [6.45, 7) is 2.47. The van der Waals surface area contributed by atoms with E-state index in [0.29, 0.717) is 5.41 Å². The summed E-state index contributed by atoms with van der Waals surface area (Å²) < 4.78 is 5.41. The highest BCUT2D eigenvalue weighted by Crippen LogP contribution is 2.62. The van der Waals surface area contributed by atoms with Gasteiger partial charge in [-0.05, 0) is 85.0 Å². The Kier molecular flexibility index (Phi) is 3.52. The van der Waals surface area contributed by atoms with Gasteiger partial charge < -0.3 is 4.74 Å². The molecule has 0 aromatic heterocycles. The van der Waals surface area contributed by atoms with Crippen LogP contribution in [0, 0.1) is 17.3 Å². The zero-order chi connectivity index (χ0) is 15.3. The molecule has 0 bridgehead atoms. The molecule has 0 heterocycles. The molecule has 0 unspecified atom stereocenters. The van der Waals surface area contributed by atoms with Gasteiger partial charge in [-0.2, -0.15) is 0 Å². The van der Waals surface area contributed by atoms with Gasteiger partial charge in [-0.25, -0.2) is 0 Å². The number of halogens is 1. The van der Waals surface area contributed by atoms with E-state index in [2.05, 4.69) is 25.1 Å². The Labute approximate surface area is 138 Å². The first-order valence-electron chi connectivity index (χ1n) is 8.64. The van der Waals surface area contributed by atoms with E-state index in [-0.39, 0.29) is 0 Å². The third-order valence-corrected chi connectivity index (χ3v) is 7.18. The number of allylic oxidation sites excluding steroid dienone is 1. The first kappa shape index (κ1) is 14.6. The van der Waals surface area contributed by atoms with E-state index in [1.54, 1.807) is 12.7 Å². The zero-order valence-corrected chi connectivity index (χ0v) is 14.3. The van der Waals surface area contributed by atoms with Gasteiger partial charge >= 0.3 is 0 Å². The Balaban J connectivity index is 1.69. The van der Waals surface area contributed by atoms with Crippen molar-refractivity contribution in [1.29, 1.82) is 0 Å². The molecule has 4 atom stereocenters. The number of ether oxygens (including phenoxy) is 1. The van der Waals surface area contributed by atoms with Crippen LogP contribution in [0.15, 0.2) is 29.3 Å². The molecule has 1 nitrogen and oxygen atoms in total. The van der Waals surface area contributed by atoms with Gasteiger partial charge in [-0.1, -0.05) is 30.2 Å². The van der Waals surface area contributed by atoms with Crippen LogP contribution in [-0.4, -0.2) is 7.11 Å². The van der Waals surface area contributed by atoms with Gasteiger partial charge in [0, 0.05) is 5.54 Å². The molecule has 0 N–H and O–H groups in total. The summed E-state index contributed by atoms with van der Waals surface area (Å²) >= 11 is 6.13. The molecule has 0 spiro atoms. The molecule has 3 aliphatic carbocycles. The Bertz CT molecular complexity index is 620. The van der Waals surface area contributed by atoms with Gasteiger partial charge in [-0.3, -0.25) is 0 Å². The normalized spacial score (nSPS) is 38.3. The first-order valence-corrected chi connectivity index (χ1v) is 9.07. The number of methoxy groups -OCH3 is 1. The van der Waals surface area contributed by atoms with Gasteiger partial charge in [0.2, 0.25) is 0 Å². The van der Waals surface area contributed by atoms with Crippen LogP contribution in [0.25, 0.3) is 0 Å². The minimum absolute atomic E-state index is 0.368. The zero-order valence-electron chi connectivity index (χ0n) is 13.6. The number of aryl methyl sites for hydroxylation is 1. The van der Waals surface area contributed by atoms with Crippen molar-refractivity contribution >= 4 is 11.6 Å². The molecule has 3 aliphatic rings. The second-order valence-electron chi connectivity index (χ2n) is 7.61. The molecule has 0 aliphatic heterocycles. The number of rotatable bonds is 1. The van der Waals surface area contributed by atoms with Crippen molar-refractivity contribution in [3.8, 4) is 5.75 Å². The molecule has 2 saturated carbocycles. The highest BCUT2D eigenvalue weighted by molar-refractivity contribution is 6.25. The predicted octanol–water partition coefficient (Wildman–Crippen LogP) is 5.67. The molecule has 0 radical (unpaired) electrons. The summed E-state index contributed by atoms with van der Waals surface area (Å²) in [5, 5.41) is 0. The maximum atomic E-state index is 6.13. The summed E-state index contributed by atoms with van der Waals surface area (Å²) in [6, 6.07) is 6.74. The molecule has 1 aromatic rings. The van der Waals surface area contributed by atoms with E-state index in [1.807, 2.05) is 5.54 Å². The Morgan fingerprint density at radius 2 is 2.09 bits per heavy atom. The van der Waals surface area contributed by atoms with E-state index in [1.165, 1.54) is 49.7 Å². The quantitative estimate of drug-likeness (QED) is 0.648. The number of hydrogen-bond donors (Lipinski definition) is 0. The van der Waals surface area contributed by atoms with E-state index >= 15 is 0 Å². The summed E-state index contributed by atoms with van der Waals surface area (Å²) in [5.41, 5.74) is 6.89. The van der Waals surface area contributed by atoms with Crippen LogP contribution in [0.1, 0.15) is 56.1 Å². The number of fused-ring (bicyclic) bond motifs is 5. The average Bonchev–Trinajstić information content (AvgIpc) is 2.90. The lowest BCUT2D eigenvalue weighted by Crippen LogP contribution is -2.40. The van der Waals surface area contributed by atoms with Crippen LogP contribution < -0.4 is 4.74 Å². The molecule has 22 heavy (non-hydrogen) atoms. The lowest BCUT2D eigenvalue weighted by molar-refractivity contribution is 0.0815. The summed E-state index contributed by atoms with van der Waals surface area (Å²) in [6.07, 6.45) is 7.69. The monoisotopic (exact) mass is 316 g/mol. The van der Waals surface area contributed by atoms with Crippen LogP contribution in [0.3, 0.4) is 0 Å². The van der Waals surface area contributed by atoms with E-state index in [4.69, 9.17) is 16.3 Å². The van der Waals surface area contributed by atoms with Crippen molar-refractivity contribution in [3.05, 3.63) is 40.4 Å². The topological polar surface area (TPSA) is 9.23 Å². The van der Waals surface area contributed by atoms with Crippen LogP contribution in [0.2, 0.25) is 0 Å². The van der Waals surface area contributed by atoms with Crippen molar-refractivity contribution in [2.45, 2.75) is 51.4 Å². The Morgan fingerprint density at radius 1 is 1.23 bits per heavy atom. The fourth-order valence-corrected chi connectivity index (χ4v) is 6.07. The van der Waals surface area contributed by atoms with Gasteiger partial charge in [0.1, 0.15) is 5.75 Å². The van der Waals surface area contributed by atoms with E-state index in [0.717, 1.165) is 23.5 Å². The molecule has 0 saturated heterocycles. The SMILES string of the molecule is COc1ccc2c(c1)CC[C@@H]1[C@@H]2CC[C@]2(C)C(=CCl)CC[C@@H]12. The highest BCUT2D eigenvalue weighted by atomic mass is 35.5. The molecule has 0 amide bonds. The van der Waals surface area contributed by atoms with E-state index < -0.39 is 0 Å². The van der Waals surface area contributed by atoms with E-state index in [9.17, 15) is 0 Å². The molecule has 1 aromatic carbocycles. The standard InChI is InChI=1S/C20H25ClO/c1-20-10-9-17-16-7-5-15(22-2)11-13(16)3-6-18(17)19(20)8-4-14(20)12-21/h5,7,11-12,17-19H,3-4,6,8-10H2,1-2H3/t17-,18-,19+,20-/m1/s1. The third-order valence-electron chi connectivity index (χ3n) is 6.91. The molecular formula is C20H25ClO. The van der Waals surface area contributed by atoms with Crippen LogP contribution in [-0.2, 0) is 6.42 Å². The molecule has 4 rings (SSSR count). The Morgan fingerprint density at radius 3 is 2.86 bits per heavy atom. The molecule has 2 fully saturated rings. The summed E-state index contributed by atoms with van der Waals surface area (Å²) in [5.74, 6) is 3.42. The largest absolute Gasteiger partial charge is 0.497 e. The molecule has 2 heteroatoms. The fourth-order valence-electron chi connectivity index (χ4n) is 5.71. The third kappa shape index (κ3) is 1.98. The lowest BCUT2D eigenvalue weighted by atomic mass is 9.55. The minimum Gasteiger partial charge on any atom is -0.497 e. The predicted molar refractivity (Wildman–Crippen MR) is 91.5 cm³/mol. The van der Waals surface area contributed by atoms with Crippen molar-refractivity contribution in [1.82, 2.24) is 0 Å². The molecule has 118 valence electrons. The van der Waals surface area contributed by atoms with Crippen molar-refractivity contribution in [2.75, 3.05) is 7.11 Å². The minimum atomic E-state index is 0.368. The van der Waals surface area contributed by atoms with Gasteiger partial charge in [-0.15, -0.1) is 0 Å². The van der Waals surface area contributed by atoms with Gasteiger partial charge in [0.05, 0.1) is 7.11 Å². The maximum Gasteiger partial charge on any atom is 0.119 e. The van der Waals surface area contributed by atoms with Gasteiger partial charge in [0.15, 0.2) is 0 Å². The van der Waals surface area contributed by atoms with Gasteiger partial charge in [0.25, 0.3) is 0 Å². The highest BCUT2D eigenvalue weighted by Gasteiger charge is 2.52. The van der Waals surface area contributed by atoms with Crippen molar-refractivity contribution in [3.63, 3.8) is 0 Å². The fraction of sp³-hybridized carbons (Fsp3) is 0.600. The van der Waals surface area contributed by atoms with Crippen molar-refractivity contribution < 1.29 is 4.74 Å². The van der Waals surface area contributed by atoms with Crippen LogP contribution in [0.4, 0.5) is 0 Å². The van der Waals surface area contributed by atoms with Crippen molar-refractivity contribution in [2.24, 2.45) is 17.3 Å². The number of hydrogen-bond acceptors (Lipinski definition) is 1. The molecular weight excluding hydrogens is 292 g/mol. The van der Waals surface area contributed by atoms with Crippen LogP contribution in [0.5, 0.6) is 5.75 Å². The average molecular weight is 317 g/mol. The van der Waals surface area contributed by atoms with Crippen LogP contribution >= 0.6 is 11.6 Å². The number of benzene rings is 1. The maximum absolute atomic E-state index is 6.13. The summed E-state index contributed by atoms with van der Waals surface area (Å²) in [7, 11) is 1.76. The second-order valence-corrected chi connectivity index (χ2v) is 7.83. The lowest BCUT2D eigenvalue weighted by Gasteiger charge is -2.49. The smallest absolute Gasteiger partial charge is 0.119 e. The first-order chi connectivity index (χ1) is 10.7. The Hall–Kier alpha value is -0.950. The summed E-state index contributed by atoms with van der Waals surface area (Å²) in [4.78, 5) is 0.